The van der Waals surface area contributed by atoms with Gasteiger partial charge in [-0.3, -0.25) is 9.78 Å². The summed E-state index contributed by atoms with van der Waals surface area (Å²) in [5.74, 6) is 0.102. The van der Waals surface area contributed by atoms with Crippen LogP contribution in [0.25, 0.3) is 11.1 Å². The number of nitrogens with one attached hydrogen (secondary N) is 1. The summed E-state index contributed by atoms with van der Waals surface area (Å²) in [6.45, 7) is 3.90. The lowest BCUT2D eigenvalue weighted by Crippen LogP contribution is -2.14. The van der Waals surface area contributed by atoms with Gasteiger partial charge in [0.25, 0.3) is 5.91 Å². The molecule has 25 heavy (non-hydrogen) atoms. The number of hydrogen-bond acceptors (Lipinski definition) is 4. The van der Waals surface area contributed by atoms with Crippen LogP contribution in [0.15, 0.2) is 40.9 Å². The van der Waals surface area contributed by atoms with Gasteiger partial charge in [0.15, 0.2) is 11.5 Å². The van der Waals surface area contributed by atoms with Crippen LogP contribution < -0.4 is 5.32 Å². The van der Waals surface area contributed by atoms with Gasteiger partial charge >= 0.3 is 6.18 Å². The molecular formula is C17H14F3N3O2. The summed E-state index contributed by atoms with van der Waals surface area (Å²) in [6.07, 6.45) is -3.86. The molecule has 0 unspecified atom stereocenters. The molecule has 2 heterocycles. The molecule has 0 bridgehead atoms. The van der Waals surface area contributed by atoms with Crippen molar-refractivity contribution in [3.63, 3.8) is 0 Å². The molecule has 0 aliphatic carbocycles. The number of alkyl halides is 3. The van der Waals surface area contributed by atoms with Crippen molar-refractivity contribution in [2.75, 3.05) is 5.32 Å². The van der Waals surface area contributed by atoms with E-state index in [4.69, 9.17) is 4.42 Å². The van der Waals surface area contributed by atoms with Gasteiger partial charge < -0.3 is 9.73 Å². The lowest BCUT2D eigenvalue weighted by molar-refractivity contribution is -0.137. The third-order valence-electron chi connectivity index (χ3n) is 3.48. The zero-order valence-corrected chi connectivity index (χ0v) is 13.4. The van der Waals surface area contributed by atoms with Gasteiger partial charge in [0.05, 0.1) is 5.56 Å². The van der Waals surface area contributed by atoms with Crippen LogP contribution in [0.3, 0.4) is 0 Å². The van der Waals surface area contributed by atoms with E-state index in [9.17, 15) is 18.0 Å². The number of amides is 1. The predicted octanol–water partition coefficient (Wildman–Crippen LogP) is 4.62. The molecule has 3 aromatic rings. The van der Waals surface area contributed by atoms with Crippen LogP contribution in [0.5, 0.6) is 0 Å². The Labute approximate surface area is 140 Å². The predicted molar refractivity (Wildman–Crippen MR) is 85.3 cm³/mol. The number of hydrogen-bond donors (Lipinski definition) is 1. The number of fused-ring (bicyclic) bond motifs is 1. The first kappa shape index (κ1) is 16.9. The van der Waals surface area contributed by atoms with Crippen LogP contribution in [-0.4, -0.2) is 15.9 Å². The van der Waals surface area contributed by atoms with Crippen molar-refractivity contribution in [3.8, 4) is 0 Å². The maximum absolute atomic E-state index is 12.5. The molecule has 1 N–H and O–H groups in total. The molecule has 130 valence electrons. The Bertz CT molecular complexity index is 915. The van der Waals surface area contributed by atoms with Crippen LogP contribution in [0.4, 0.5) is 18.9 Å². The zero-order valence-electron chi connectivity index (χ0n) is 13.4. The summed E-state index contributed by atoms with van der Waals surface area (Å²) in [6, 6.07) is 6.78. The zero-order chi connectivity index (χ0) is 18.2. The minimum atomic E-state index is -4.49. The summed E-state index contributed by atoms with van der Waals surface area (Å²) in [5, 5.41) is 2.58. The van der Waals surface area contributed by atoms with E-state index in [-0.39, 0.29) is 11.6 Å². The summed E-state index contributed by atoms with van der Waals surface area (Å²) >= 11 is 0. The molecule has 5 nitrogen and oxygen atoms in total. The highest BCUT2D eigenvalue weighted by atomic mass is 19.4. The molecular weight excluding hydrogens is 335 g/mol. The third kappa shape index (κ3) is 3.62. The number of halogens is 3. The van der Waals surface area contributed by atoms with Gasteiger partial charge in [-0.05, 0) is 30.3 Å². The van der Waals surface area contributed by atoms with Gasteiger partial charge in [0, 0.05) is 17.8 Å². The van der Waals surface area contributed by atoms with Crippen molar-refractivity contribution in [3.05, 3.63) is 53.7 Å². The van der Waals surface area contributed by atoms with E-state index >= 15 is 0 Å². The molecule has 3 rings (SSSR count). The Hall–Kier alpha value is -2.90. The van der Waals surface area contributed by atoms with E-state index in [0.29, 0.717) is 28.9 Å². The minimum absolute atomic E-state index is 0.115. The second kappa shape index (κ2) is 6.19. The summed E-state index contributed by atoms with van der Waals surface area (Å²) in [5.41, 5.74) is 0.601. The Morgan fingerprint density at radius 3 is 2.56 bits per heavy atom. The number of carbonyl (C=O) groups excluding carboxylic acids is 1. The topological polar surface area (TPSA) is 68.0 Å². The van der Waals surface area contributed by atoms with Gasteiger partial charge in [-0.1, -0.05) is 13.8 Å². The van der Waals surface area contributed by atoms with E-state index in [1.165, 1.54) is 0 Å². The Morgan fingerprint density at radius 1 is 1.20 bits per heavy atom. The monoisotopic (exact) mass is 349 g/mol. The average Bonchev–Trinajstić information content (AvgIpc) is 2.98. The lowest BCUT2D eigenvalue weighted by atomic mass is 10.2. The molecule has 2 aromatic heterocycles. The van der Waals surface area contributed by atoms with E-state index < -0.39 is 17.6 Å². The summed E-state index contributed by atoms with van der Waals surface area (Å²) in [4.78, 5) is 20.0. The van der Waals surface area contributed by atoms with E-state index in [1.54, 1.807) is 18.2 Å². The van der Waals surface area contributed by atoms with Crippen molar-refractivity contribution in [1.82, 2.24) is 9.97 Å². The maximum atomic E-state index is 12.5. The minimum Gasteiger partial charge on any atom is -0.440 e. The van der Waals surface area contributed by atoms with Gasteiger partial charge in [0.2, 0.25) is 0 Å². The van der Waals surface area contributed by atoms with Gasteiger partial charge in [-0.2, -0.15) is 13.2 Å². The first-order valence-corrected chi connectivity index (χ1v) is 7.49. The largest absolute Gasteiger partial charge is 0.440 e. The van der Waals surface area contributed by atoms with E-state index in [0.717, 1.165) is 12.1 Å². The molecule has 8 heteroatoms. The quantitative estimate of drug-likeness (QED) is 0.749. The van der Waals surface area contributed by atoms with E-state index in [1.807, 2.05) is 13.8 Å². The third-order valence-corrected chi connectivity index (χ3v) is 3.48. The van der Waals surface area contributed by atoms with Gasteiger partial charge in [-0.15, -0.1) is 0 Å². The van der Waals surface area contributed by atoms with Crippen LogP contribution in [0.2, 0.25) is 0 Å². The van der Waals surface area contributed by atoms with Crippen LogP contribution in [-0.2, 0) is 6.18 Å². The van der Waals surface area contributed by atoms with Crippen LogP contribution in [0, 0.1) is 0 Å². The van der Waals surface area contributed by atoms with Crippen molar-refractivity contribution in [1.29, 1.82) is 0 Å². The fourth-order valence-corrected chi connectivity index (χ4v) is 2.16. The molecule has 1 aromatic carbocycles. The maximum Gasteiger partial charge on any atom is 0.417 e. The lowest BCUT2D eigenvalue weighted by Gasteiger charge is -2.07. The highest BCUT2D eigenvalue weighted by molar-refractivity contribution is 6.03. The number of rotatable bonds is 3. The molecule has 0 aliphatic heterocycles. The summed E-state index contributed by atoms with van der Waals surface area (Å²) < 4.78 is 43.1. The SMILES string of the molecule is CC(C)c1nc2cc(NC(=O)c3ccc(C(F)(F)F)cn3)ccc2o1. The standard InChI is InChI=1S/C17H14F3N3O2/c1-9(2)16-23-13-7-11(4-6-14(13)25-16)22-15(24)12-5-3-10(8-21-12)17(18,19)20/h3-9H,1-2H3,(H,22,24). The highest BCUT2D eigenvalue weighted by Crippen LogP contribution is 2.28. The molecule has 0 radical (unpaired) electrons. The second-order valence-electron chi connectivity index (χ2n) is 5.77. The molecule has 1 amide bonds. The van der Waals surface area contributed by atoms with Gasteiger partial charge in [-0.25, -0.2) is 4.98 Å². The number of nitrogens with zero attached hydrogens (tertiary/aromatic N) is 2. The smallest absolute Gasteiger partial charge is 0.417 e. The average molecular weight is 349 g/mol. The van der Waals surface area contributed by atoms with Crippen molar-refractivity contribution >= 4 is 22.7 Å². The molecule has 0 spiro atoms. The number of oxazole rings is 1. The van der Waals surface area contributed by atoms with E-state index in [2.05, 4.69) is 15.3 Å². The van der Waals surface area contributed by atoms with Crippen LogP contribution >= 0.6 is 0 Å². The molecule has 0 saturated heterocycles. The molecule has 0 atom stereocenters. The fourth-order valence-electron chi connectivity index (χ4n) is 2.16. The fraction of sp³-hybridized carbons (Fsp3) is 0.235. The van der Waals surface area contributed by atoms with Crippen molar-refractivity contribution in [2.24, 2.45) is 0 Å². The first-order chi connectivity index (χ1) is 11.7. The Kier molecular flexibility index (Phi) is 4.20. The first-order valence-electron chi connectivity index (χ1n) is 7.49. The molecule has 0 saturated carbocycles. The second-order valence-corrected chi connectivity index (χ2v) is 5.77. The molecule has 0 aliphatic rings. The highest BCUT2D eigenvalue weighted by Gasteiger charge is 2.30. The number of benzene rings is 1. The van der Waals surface area contributed by atoms with Crippen LogP contribution in [0.1, 0.15) is 41.7 Å². The normalized spacial score (nSPS) is 11.9. The Balaban J connectivity index is 1.79. The number of carbonyl (C=O) groups is 1. The number of anilines is 1. The number of aromatic nitrogens is 2. The van der Waals surface area contributed by atoms with Crippen molar-refractivity contribution in [2.45, 2.75) is 25.9 Å². The Morgan fingerprint density at radius 2 is 1.96 bits per heavy atom. The van der Waals surface area contributed by atoms with Crippen molar-refractivity contribution < 1.29 is 22.4 Å². The molecule has 0 fully saturated rings. The number of pyridine rings is 1. The van der Waals surface area contributed by atoms with Gasteiger partial charge in [0.1, 0.15) is 11.2 Å². The summed E-state index contributed by atoms with van der Waals surface area (Å²) in [7, 11) is 0.